The molecule has 3 fully saturated rings. The number of aliphatic hydroxyl groups excluding tert-OH is 3. The molecule has 34 heavy (non-hydrogen) atoms. The second kappa shape index (κ2) is 20.2. The molecule has 3 aliphatic heterocycles. The third-order valence-corrected chi connectivity index (χ3v) is 5.90. The van der Waals surface area contributed by atoms with Gasteiger partial charge in [0.05, 0.1) is 25.9 Å². The Morgan fingerprint density at radius 1 is 0.912 bits per heavy atom. The summed E-state index contributed by atoms with van der Waals surface area (Å²) in [6, 6.07) is 1.39. The number of carbonyl (C=O) groups is 1. The van der Waals surface area contributed by atoms with E-state index in [1.165, 1.54) is 25.8 Å². The molecule has 1 amide bonds. The molecule has 0 aromatic carbocycles. The van der Waals surface area contributed by atoms with E-state index in [1.807, 2.05) is 20.8 Å². The maximum atomic E-state index is 11.6. The Labute approximate surface area is 228 Å². The minimum Gasteiger partial charge on any atom is -0.444 e. The van der Waals surface area contributed by atoms with E-state index in [0.29, 0.717) is 37.9 Å². The van der Waals surface area contributed by atoms with Crippen LogP contribution in [0.25, 0.3) is 0 Å². The Kier molecular flexibility index (Phi) is 23.0. The third-order valence-electron chi connectivity index (χ3n) is 5.90. The normalized spacial score (nSPS) is 24.0. The Bertz CT molecular complexity index is 507. The first-order chi connectivity index (χ1) is 14.6. The quantitative estimate of drug-likeness (QED) is 0.428. The number of hydrogen-bond acceptors (Lipinski definition) is 7. The van der Waals surface area contributed by atoms with E-state index in [2.05, 4.69) is 24.1 Å². The zero-order valence-corrected chi connectivity index (χ0v) is 24.8. The molecule has 0 unspecified atom stereocenters. The zero-order valence-electron chi connectivity index (χ0n) is 21.8. The lowest BCUT2D eigenvalue weighted by atomic mass is 10.2. The average Bonchev–Trinajstić information content (AvgIpc) is 3.48. The highest BCUT2D eigenvalue weighted by Gasteiger charge is 2.31. The van der Waals surface area contributed by atoms with Crippen LogP contribution in [-0.4, -0.2) is 100 Å². The monoisotopic (exact) mass is 547 g/mol. The first-order valence-electron chi connectivity index (χ1n) is 11.9. The minimum atomic E-state index is -0.459. The van der Waals surface area contributed by atoms with Gasteiger partial charge in [-0.15, -0.1) is 0 Å². The van der Waals surface area contributed by atoms with E-state index in [0.717, 1.165) is 25.8 Å². The predicted molar refractivity (Wildman–Crippen MR) is 154 cm³/mol. The second-order valence-corrected chi connectivity index (χ2v) is 9.94. The summed E-state index contributed by atoms with van der Waals surface area (Å²) in [5.74, 6) is 0. The molecule has 0 aromatic heterocycles. The van der Waals surface area contributed by atoms with Gasteiger partial charge in [0.25, 0.3) is 0 Å². The van der Waals surface area contributed by atoms with Crippen LogP contribution in [0.15, 0.2) is 0 Å². The summed E-state index contributed by atoms with van der Waals surface area (Å²) in [4.78, 5) is 15.6. The number of amides is 1. The molecule has 0 saturated carbocycles. The summed E-state index contributed by atoms with van der Waals surface area (Å²) < 4.78 is 5.23. The highest BCUT2D eigenvalue weighted by molar-refractivity contribution is 7.59. The van der Waals surface area contributed by atoms with Crippen molar-refractivity contribution in [2.75, 3.05) is 39.5 Å². The fourth-order valence-corrected chi connectivity index (χ4v) is 4.23. The van der Waals surface area contributed by atoms with Crippen LogP contribution in [0.2, 0.25) is 0 Å². The molecule has 8 nitrogen and oxygen atoms in total. The van der Waals surface area contributed by atoms with E-state index in [1.54, 1.807) is 4.90 Å². The molecule has 3 rings (SSSR count). The van der Waals surface area contributed by atoms with Crippen LogP contribution in [-0.2, 0) is 4.74 Å². The average molecular weight is 548 g/mol. The second-order valence-electron chi connectivity index (χ2n) is 9.94. The molecule has 3 atom stereocenters. The molecular weight excluding hydrogens is 494 g/mol. The van der Waals surface area contributed by atoms with Crippen molar-refractivity contribution in [1.82, 2.24) is 15.1 Å². The van der Waals surface area contributed by atoms with Gasteiger partial charge < -0.3 is 30.3 Å². The topological polar surface area (TPSA) is 106 Å². The number of rotatable bonds is 4. The largest absolute Gasteiger partial charge is 0.444 e. The van der Waals surface area contributed by atoms with E-state index >= 15 is 0 Å². The van der Waals surface area contributed by atoms with Gasteiger partial charge in [-0.2, -0.15) is 40.5 Å². The van der Waals surface area contributed by atoms with Crippen molar-refractivity contribution >= 4 is 46.6 Å². The van der Waals surface area contributed by atoms with Gasteiger partial charge in [-0.1, -0.05) is 0 Å². The Morgan fingerprint density at radius 2 is 1.47 bits per heavy atom. The SMILES string of the molecule is CC(C)(C)OC(=O)N1CCC[C@H]1CO.CC(C)N1CCC[C@H]1CO.OC[C@@H]1CCCN1.S.S.S. The van der Waals surface area contributed by atoms with Crippen molar-refractivity contribution in [3.63, 3.8) is 0 Å². The fraction of sp³-hybridized carbons (Fsp3) is 0.957. The van der Waals surface area contributed by atoms with Gasteiger partial charge in [0.15, 0.2) is 0 Å². The van der Waals surface area contributed by atoms with E-state index in [-0.39, 0.29) is 59.2 Å². The smallest absolute Gasteiger partial charge is 0.410 e. The van der Waals surface area contributed by atoms with Crippen molar-refractivity contribution in [2.24, 2.45) is 0 Å². The van der Waals surface area contributed by atoms with Gasteiger partial charge in [-0.25, -0.2) is 4.79 Å². The van der Waals surface area contributed by atoms with Crippen LogP contribution < -0.4 is 5.32 Å². The minimum absolute atomic E-state index is 0. The summed E-state index contributed by atoms with van der Waals surface area (Å²) in [5.41, 5.74) is -0.459. The lowest BCUT2D eigenvalue weighted by Crippen LogP contribution is -2.41. The molecular formula is C23H53N3O5S3. The van der Waals surface area contributed by atoms with Crippen molar-refractivity contribution in [2.45, 2.75) is 103 Å². The molecule has 4 N–H and O–H groups in total. The van der Waals surface area contributed by atoms with Gasteiger partial charge in [0.1, 0.15) is 5.60 Å². The molecule has 3 aliphatic rings. The van der Waals surface area contributed by atoms with Gasteiger partial charge >= 0.3 is 6.09 Å². The first kappa shape index (κ1) is 38.6. The van der Waals surface area contributed by atoms with Gasteiger partial charge in [-0.3, -0.25) is 4.90 Å². The summed E-state index contributed by atoms with van der Waals surface area (Å²) in [5, 5.41) is 29.6. The maximum absolute atomic E-state index is 11.6. The standard InChI is InChI=1S/C10H19NO3.C8H17NO.C5H11NO.3H2S/c1-10(2,3)14-9(13)11-6-4-5-8(11)7-12;1-7(2)9-5-3-4-8(9)6-10;7-4-5-2-1-3-6-5;;;/h8,12H,4-7H2,1-3H3;7-8,10H,3-6H2,1-2H3;5-7H,1-4H2;3*1H2/t2*8-;5-;;;/m000.../s1. The van der Waals surface area contributed by atoms with Crippen LogP contribution in [0.4, 0.5) is 4.79 Å². The number of ether oxygens (including phenoxy) is 1. The Hall–Kier alpha value is 0.120. The highest BCUT2D eigenvalue weighted by Crippen LogP contribution is 2.20. The van der Waals surface area contributed by atoms with Crippen molar-refractivity contribution in [3.8, 4) is 0 Å². The van der Waals surface area contributed by atoms with E-state index in [9.17, 15) is 4.79 Å². The maximum Gasteiger partial charge on any atom is 0.410 e. The molecule has 0 radical (unpaired) electrons. The van der Waals surface area contributed by atoms with Gasteiger partial charge in [0, 0.05) is 24.7 Å². The number of nitrogens with zero attached hydrogens (tertiary/aromatic N) is 2. The zero-order chi connectivity index (χ0) is 23.4. The van der Waals surface area contributed by atoms with Crippen LogP contribution >= 0.6 is 40.5 Å². The fourth-order valence-electron chi connectivity index (χ4n) is 4.23. The Morgan fingerprint density at radius 3 is 1.85 bits per heavy atom. The van der Waals surface area contributed by atoms with Crippen LogP contribution in [0, 0.1) is 0 Å². The summed E-state index contributed by atoms with van der Waals surface area (Å²) >= 11 is 0. The predicted octanol–water partition coefficient (Wildman–Crippen LogP) is 2.30. The van der Waals surface area contributed by atoms with Crippen molar-refractivity contribution in [1.29, 1.82) is 0 Å². The molecule has 0 aromatic rings. The van der Waals surface area contributed by atoms with Gasteiger partial charge in [0.2, 0.25) is 0 Å². The molecule has 0 bridgehead atoms. The number of hydrogen-bond donors (Lipinski definition) is 4. The first-order valence-corrected chi connectivity index (χ1v) is 11.9. The molecule has 0 spiro atoms. The van der Waals surface area contributed by atoms with Crippen LogP contribution in [0.5, 0.6) is 0 Å². The number of likely N-dealkylation sites (tertiary alicyclic amines) is 2. The Balaban J connectivity index is -0.000000427. The van der Waals surface area contributed by atoms with Crippen LogP contribution in [0.1, 0.15) is 73.1 Å². The van der Waals surface area contributed by atoms with Crippen molar-refractivity contribution < 1.29 is 24.9 Å². The summed E-state index contributed by atoms with van der Waals surface area (Å²) in [6.07, 6.45) is 6.31. The summed E-state index contributed by atoms with van der Waals surface area (Å²) in [7, 11) is 0. The van der Waals surface area contributed by atoms with E-state index < -0.39 is 5.60 Å². The number of nitrogens with one attached hydrogen (secondary N) is 1. The molecule has 3 heterocycles. The lowest BCUT2D eigenvalue weighted by Gasteiger charge is -2.27. The molecule has 11 heteroatoms. The number of aliphatic hydroxyl groups is 3. The van der Waals surface area contributed by atoms with Crippen LogP contribution in [0.3, 0.4) is 0 Å². The van der Waals surface area contributed by atoms with Gasteiger partial charge in [-0.05, 0) is 86.2 Å². The third kappa shape index (κ3) is 14.6. The van der Waals surface area contributed by atoms with Crippen molar-refractivity contribution in [3.05, 3.63) is 0 Å². The molecule has 3 saturated heterocycles. The number of carbonyl (C=O) groups excluding carboxylic acids is 1. The van der Waals surface area contributed by atoms with E-state index in [4.69, 9.17) is 20.1 Å². The molecule has 0 aliphatic carbocycles. The molecule has 208 valence electrons. The summed E-state index contributed by atoms with van der Waals surface area (Å²) in [6.45, 7) is 13.5. The highest BCUT2D eigenvalue weighted by atomic mass is 32.1. The lowest BCUT2D eigenvalue weighted by molar-refractivity contribution is 0.0176.